The van der Waals surface area contributed by atoms with Crippen molar-refractivity contribution >= 4 is 10.8 Å². The van der Waals surface area contributed by atoms with E-state index in [9.17, 15) is 0 Å². The predicted molar refractivity (Wildman–Crippen MR) is 145 cm³/mol. The van der Waals surface area contributed by atoms with Crippen LogP contribution in [0.5, 0.6) is 0 Å². The Labute approximate surface area is 205 Å². The van der Waals surface area contributed by atoms with Gasteiger partial charge in [-0.15, -0.1) is 0 Å². The van der Waals surface area contributed by atoms with E-state index >= 15 is 0 Å². The summed E-state index contributed by atoms with van der Waals surface area (Å²) in [5, 5.41) is 2.79. The van der Waals surface area contributed by atoms with E-state index < -0.39 is 0 Å². The summed E-state index contributed by atoms with van der Waals surface area (Å²) in [6, 6.07) is 36.9. The first-order valence-electron chi connectivity index (χ1n) is 13.3. The van der Waals surface area contributed by atoms with Gasteiger partial charge in [-0.2, -0.15) is 0 Å². The van der Waals surface area contributed by atoms with Gasteiger partial charge in [-0.3, -0.25) is 0 Å². The Bertz CT molecular complexity index is 1200. The van der Waals surface area contributed by atoms with Gasteiger partial charge in [0.05, 0.1) is 0 Å². The van der Waals surface area contributed by atoms with Crippen molar-refractivity contribution in [2.75, 3.05) is 0 Å². The van der Waals surface area contributed by atoms with E-state index in [1.54, 1.807) is 11.1 Å². The minimum absolute atomic E-state index is 0.518. The monoisotopic (exact) mass is 444 g/mol. The molecule has 0 nitrogen and oxygen atoms in total. The van der Waals surface area contributed by atoms with Crippen LogP contribution in [0, 0.1) is 11.8 Å². The highest BCUT2D eigenvalue weighted by atomic mass is 14.5. The molecule has 2 aliphatic carbocycles. The van der Waals surface area contributed by atoms with Gasteiger partial charge in [0.1, 0.15) is 0 Å². The Morgan fingerprint density at radius 2 is 0.882 bits per heavy atom. The number of rotatable bonds is 4. The lowest BCUT2D eigenvalue weighted by Gasteiger charge is -2.32. The molecule has 0 aromatic heterocycles. The Hall–Kier alpha value is -2.86. The zero-order chi connectivity index (χ0) is 23.1. The van der Waals surface area contributed by atoms with Crippen molar-refractivity contribution in [1.29, 1.82) is 0 Å². The SMILES string of the molecule is C[C@@H]1CC[C@@H](C)C1c1cc2ccccc2cc1C1[C@H](c2ccccc2)CC[C@H]1c1ccccc1. The van der Waals surface area contributed by atoms with Gasteiger partial charge >= 0.3 is 0 Å². The van der Waals surface area contributed by atoms with Gasteiger partial charge < -0.3 is 0 Å². The van der Waals surface area contributed by atoms with Gasteiger partial charge in [0.15, 0.2) is 0 Å². The fourth-order valence-electron chi connectivity index (χ4n) is 7.49. The maximum atomic E-state index is 2.59. The summed E-state index contributed by atoms with van der Waals surface area (Å²) in [5.74, 6) is 3.82. The summed E-state index contributed by atoms with van der Waals surface area (Å²) in [4.78, 5) is 0. The molecule has 0 aliphatic heterocycles. The molecule has 0 bridgehead atoms. The van der Waals surface area contributed by atoms with Crippen LogP contribution in [-0.2, 0) is 0 Å². The fourth-order valence-corrected chi connectivity index (χ4v) is 7.49. The van der Waals surface area contributed by atoms with Gasteiger partial charge in [-0.05, 0) is 94.2 Å². The number of hydrogen-bond donors (Lipinski definition) is 0. The average molecular weight is 445 g/mol. The Balaban J connectivity index is 1.57. The second-order valence-corrected chi connectivity index (χ2v) is 11.0. The highest BCUT2D eigenvalue weighted by molar-refractivity contribution is 5.84. The zero-order valence-corrected chi connectivity index (χ0v) is 20.5. The van der Waals surface area contributed by atoms with E-state index in [1.807, 2.05) is 0 Å². The molecule has 2 fully saturated rings. The lowest BCUT2D eigenvalue weighted by molar-refractivity contribution is 0.449. The van der Waals surface area contributed by atoms with E-state index in [2.05, 4.69) is 111 Å². The topological polar surface area (TPSA) is 0 Å². The number of fused-ring (bicyclic) bond motifs is 1. The standard InChI is InChI=1S/C34H36/c1-23-17-18-24(2)33(23)31-21-27-15-9-10-16-28(27)22-32(31)34-29(25-11-5-3-6-12-25)19-20-30(34)26-13-7-4-8-14-26/h3-16,21-24,29-30,33-34H,17-20H2,1-2H3/t23-,24-,29+,30+/m1/s1. The van der Waals surface area contributed by atoms with E-state index in [-0.39, 0.29) is 0 Å². The molecule has 0 radical (unpaired) electrons. The third kappa shape index (κ3) is 3.78. The predicted octanol–water partition coefficient (Wildman–Crippen LogP) is 9.43. The average Bonchev–Trinajstić information content (AvgIpc) is 3.47. The van der Waals surface area contributed by atoms with Crippen LogP contribution in [0.25, 0.3) is 10.8 Å². The van der Waals surface area contributed by atoms with Gasteiger partial charge in [0, 0.05) is 0 Å². The van der Waals surface area contributed by atoms with E-state index in [0.29, 0.717) is 23.7 Å². The molecule has 172 valence electrons. The highest BCUT2D eigenvalue weighted by Gasteiger charge is 2.42. The van der Waals surface area contributed by atoms with Crippen LogP contribution in [0.1, 0.15) is 85.5 Å². The first kappa shape index (κ1) is 21.7. The Morgan fingerprint density at radius 3 is 1.35 bits per heavy atom. The highest BCUT2D eigenvalue weighted by Crippen LogP contribution is 2.57. The minimum atomic E-state index is 0.518. The first-order valence-corrected chi connectivity index (χ1v) is 13.3. The molecule has 0 heteroatoms. The lowest BCUT2D eigenvalue weighted by Crippen LogP contribution is -2.18. The van der Waals surface area contributed by atoms with Crippen molar-refractivity contribution in [2.24, 2.45) is 11.8 Å². The molecule has 6 rings (SSSR count). The van der Waals surface area contributed by atoms with Gasteiger partial charge in [-0.25, -0.2) is 0 Å². The van der Waals surface area contributed by atoms with Gasteiger partial charge in [0.2, 0.25) is 0 Å². The van der Waals surface area contributed by atoms with E-state index in [4.69, 9.17) is 0 Å². The second kappa shape index (κ2) is 9.06. The molecule has 0 unspecified atom stereocenters. The molecule has 4 aromatic carbocycles. The summed E-state index contributed by atoms with van der Waals surface area (Å²) in [6.45, 7) is 4.98. The quantitative estimate of drug-likeness (QED) is 0.294. The lowest BCUT2D eigenvalue weighted by atomic mass is 9.71. The summed E-state index contributed by atoms with van der Waals surface area (Å²) in [5.41, 5.74) is 6.30. The molecule has 0 heterocycles. The molecular weight excluding hydrogens is 408 g/mol. The van der Waals surface area contributed by atoms with Crippen LogP contribution < -0.4 is 0 Å². The Morgan fingerprint density at radius 1 is 0.471 bits per heavy atom. The largest absolute Gasteiger partial charge is 0.0622 e. The van der Waals surface area contributed by atoms with Gasteiger partial charge in [-0.1, -0.05) is 111 Å². The zero-order valence-electron chi connectivity index (χ0n) is 20.5. The molecule has 0 amide bonds. The van der Waals surface area contributed by atoms with Crippen LogP contribution in [0.2, 0.25) is 0 Å². The maximum Gasteiger partial charge on any atom is -0.00212 e. The number of benzene rings is 4. The smallest absolute Gasteiger partial charge is 0.00212 e. The maximum absolute atomic E-state index is 2.59. The normalized spacial score (nSPS) is 25.8. The number of hydrogen-bond acceptors (Lipinski definition) is 0. The van der Waals surface area contributed by atoms with Crippen molar-refractivity contribution in [2.45, 2.75) is 63.2 Å². The summed E-state index contributed by atoms with van der Waals surface area (Å²) in [6.07, 6.45) is 5.23. The van der Waals surface area contributed by atoms with E-state index in [1.165, 1.54) is 47.6 Å². The van der Waals surface area contributed by atoms with Crippen LogP contribution in [0.4, 0.5) is 0 Å². The third-order valence-corrected chi connectivity index (χ3v) is 9.08. The molecular formula is C34H36. The van der Waals surface area contributed by atoms with Crippen molar-refractivity contribution in [3.8, 4) is 0 Å². The van der Waals surface area contributed by atoms with Crippen LogP contribution in [-0.4, -0.2) is 0 Å². The third-order valence-electron chi connectivity index (χ3n) is 9.08. The molecule has 2 saturated carbocycles. The molecule has 0 saturated heterocycles. The molecule has 4 aromatic rings. The van der Waals surface area contributed by atoms with E-state index in [0.717, 1.165) is 11.8 Å². The minimum Gasteiger partial charge on any atom is -0.0622 e. The van der Waals surface area contributed by atoms with Crippen molar-refractivity contribution in [3.05, 3.63) is 119 Å². The van der Waals surface area contributed by atoms with Gasteiger partial charge in [0.25, 0.3) is 0 Å². The molecule has 34 heavy (non-hydrogen) atoms. The summed E-state index contributed by atoms with van der Waals surface area (Å²) in [7, 11) is 0. The molecule has 0 spiro atoms. The molecule has 0 N–H and O–H groups in total. The van der Waals surface area contributed by atoms with Crippen LogP contribution >= 0.6 is 0 Å². The Kier molecular flexibility index (Phi) is 5.77. The summed E-state index contributed by atoms with van der Waals surface area (Å²) < 4.78 is 0. The van der Waals surface area contributed by atoms with Crippen LogP contribution in [0.15, 0.2) is 97.1 Å². The van der Waals surface area contributed by atoms with Crippen molar-refractivity contribution in [1.82, 2.24) is 0 Å². The van der Waals surface area contributed by atoms with Crippen LogP contribution in [0.3, 0.4) is 0 Å². The van der Waals surface area contributed by atoms with Crippen molar-refractivity contribution in [3.63, 3.8) is 0 Å². The molecule has 4 atom stereocenters. The fraction of sp³-hybridized carbons (Fsp3) is 0.353. The molecule has 2 aliphatic rings. The van der Waals surface area contributed by atoms with Crippen molar-refractivity contribution < 1.29 is 0 Å². The summed E-state index contributed by atoms with van der Waals surface area (Å²) >= 11 is 0. The first-order chi connectivity index (χ1) is 16.7. The second-order valence-electron chi connectivity index (χ2n) is 11.0.